The van der Waals surface area contributed by atoms with E-state index in [0.29, 0.717) is 0 Å². The third-order valence-corrected chi connectivity index (χ3v) is 3.83. The molecule has 0 spiro atoms. The van der Waals surface area contributed by atoms with Crippen molar-refractivity contribution in [3.05, 3.63) is 0 Å². The van der Waals surface area contributed by atoms with Gasteiger partial charge in [-0.1, -0.05) is 0 Å². The topological polar surface area (TPSA) is 35.5 Å². The monoisotopic (exact) mass is 465 g/mol. The maximum Gasteiger partial charge on any atom is 0.697 e. The van der Waals surface area contributed by atoms with Crippen molar-refractivity contribution in [2.75, 3.05) is 0 Å². The normalized spacial score (nSPS) is 16.8. The van der Waals surface area contributed by atoms with Crippen LogP contribution in [0, 0.1) is 0 Å². The molecule has 0 rings (SSSR count). The van der Waals surface area contributed by atoms with Crippen molar-refractivity contribution in [1.82, 2.24) is 0 Å². The van der Waals surface area contributed by atoms with E-state index in [9.17, 15) is 57.3 Å². The van der Waals surface area contributed by atoms with Crippen molar-refractivity contribution in [3.63, 3.8) is 0 Å². The lowest BCUT2D eigenvalue weighted by Crippen LogP contribution is -2.25. The van der Waals surface area contributed by atoms with Gasteiger partial charge in [-0.05, 0) is 12.8 Å². The first-order valence-electron chi connectivity index (χ1n) is 7.33. The summed E-state index contributed by atoms with van der Waals surface area (Å²) in [6, 6.07) is 0. The van der Waals surface area contributed by atoms with E-state index in [1.807, 2.05) is 0 Å². The maximum atomic E-state index is 12.3. The molecule has 0 aliphatic heterocycles. The minimum atomic E-state index is -5.06. The van der Waals surface area contributed by atoms with Gasteiger partial charge in [0, 0.05) is 17.4 Å². The lowest BCUT2D eigenvalue weighted by atomic mass is 10.1. The largest absolute Gasteiger partial charge is 0.697 e. The summed E-state index contributed by atoms with van der Waals surface area (Å²) in [5.74, 6) is 0. The molecule has 0 saturated heterocycles. The van der Waals surface area contributed by atoms with Crippen LogP contribution in [0.25, 0.3) is 0 Å². The molecule has 0 radical (unpaired) electrons. The smallest absolute Gasteiger partial charge is 0.171 e. The molecule has 28 heavy (non-hydrogen) atoms. The predicted molar refractivity (Wildman–Crippen MR) is 69.3 cm³/mol. The fourth-order valence-corrected chi connectivity index (χ4v) is 2.71. The van der Waals surface area contributed by atoms with Gasteiger partial charge < -0.3 is 0 Å². The zero-order valence-corrected chi connectivity index (χ0v) is 14.5. The highest BCUT2D eigenvalue weighted by atomic mass is 31.1. The van der Waals surface area contributed by atoms with E-state index in [4.69, 9.17) is 0 Å². The summed E-state index contributed by atoms with van der Waals surface area (Å²) >= 11 is 0. The lowest BCUT2D eigenvalue weighted by Gasteiger charge is -2.16. The van der Waals surface area contributed by atoms with Gasteiger partial charge in [0.15, 0.2) is 0 Å². The number of hydrogen-bond donors (Lipinski definition) is 0. The Kier molecular flexibility index (Phi) is 9.98. The number of hydrogen-bond acceptors (Lipinski definition) is 3. The molecule has 2 unspecified atom stereocenters. The van der Waals surface area contributed by atoms with E-state index >= 15 is 0 Å². The molecule has 168 valence electrons. The molecular formula is C12H14F12O3P+. The Morgan fingerprint density at radius 2 is 0.857 bits per heavy atom. The Hall–Kier alpha value is -0.820. The minimum absolute atomic E-state index is 1.33. The first-order valence-corrected chi connectivity index (χ1v) is 8.43. The summed E-state index contributed by atoms with van der Waals surface area (Å²) in [7, 11) is -3.84. The first kappa shape index (κ1) is 27.2. The van der Waals surface area contributed by atoms with E-state index in [1.54, 1.807) is 0 Å². The molecular weight excluding hydrogens is 451 g/mol. The summed E-state index contributed by atoms with van der Waals surface area (Å²) in [6.45, 7) is 0. The van der Waals surface area contributed by atoms with Crippen molar-refractivity contribution in [3.8, 4) is 0 Å². The molecule has 0 N–H and O–H groups in total. The van der Waals surface area contributed by atoms with E-state index in [2.05, 4.69) is 9.05 Å². The predicted octanol–water partition coefficient (Wildman–Crippen LogP) is 7.00. The van der Waals surface area contributed by atoms with Gasteiger partial charge in [-0.3, -0.25) is 0 Å². The highest BCUT2D eigenvalue weighted by Gasteiger charge is 2.44. The molecule has 0 aromatic carbocycles. The molecule has 16 heteroatoms. The average molecular weight is 465 g/mol. The Morgan fingerprint density at radius 1 is 0.571 bits per heavy atom. The molecule has 0 aliphatic carbocycles. The summed E-state index contributed by atoms with van der Waals surface area (Å²) in [5.41, 5.74) is 0. The molecule has 0 amide bonds. The summed E-state index contributed by atoms with van der Waals surface area (Å²) in [6.07, 6.45) is -34.9. The van der Waals surface area contributed by atoms with Crippen LogP contribution in [0.2, 0.25) is 0 Å². The van der Waals surface area contributed by atoms with E-state index < -0.39 is 83.7 Å². The summed E-state index contributed by atoms with van der Waals surface area (Å²) in [5, 5.41) is 0. The van der Waals surface area contributed by atoms with Crippen molar-refractivity contribution in [1.29, 1.82) is 0 Å². The summed E-state index contributed by atoms with van der Waals surface area (Å²) < 4.78 is 167. The van der Waals surface area contributed by atoms with Crippen LogP contribution in [0.15, 0.2) is 0 Å². The van der Waals surface area contributed by atoms with Gasteiger partial charge in [-0.15, -0.1) is 9.05 Å². The minimum Gasteiger partial charge on any atom is -0.171 e. The third-order valence-electron chi connectivity index (χ3n) is 2.89. The van der Waals surface area contributed by atoms with Crippen LogP contribution in [0.4, 0.5) is 52.7 Å². The zero-order valence-electron chi connectivity index (χ0n) is 13.6. The second-order valence-corrected chi connectivity index (χ2v) is 6.49. The fourth-order valence-electron chi connectivity index (χ4n) is 1.82. The van der Waals surface area contributed by atoms with Crippen LogP contribution >= 0.6 is 8.25 Å². The maximum absolute atomic E-state index is 12.3. The van der Waals surface area contributed by atoms with Crippen LogP contribution in [0.5, 0.6) is 0 Å². The molecule has 2 atom stereocenters. The Balaban J connectivity index is 5.00. The van der Waals surface area contributed by atoms with Gasteiger partial charge in [0.2, 0.25) is 0 Å². The van der Waals surface area contributed by atoms with Crippen LogP contribution in [-0.4, -0.2) is 36.9 Å². The van der Waals surface area contributed by atoms with Crippen molar-refractivity contribution in [2.24, 2.45) is 0 Å². The number of alkyl halides is 12. The average Bonchev–Trinajstić information content (AvgIpc) is 2.37. The number of rotatable bonds is 10. The highest BCUT2D eigenvalue weighted by molar-refractivity contribution is 7.33. The Morgan fingerprint density at radius 3 is 1.07 bits per heavy atom. The molecule has 0 aromatic heterocycles. The van der Waals surface area contributed by atoms with Crippen LogP contribution in [0.1, 0.15) is 38.5 Å². The second kappa shape index (κ2) is 10.3. The van der Waals surface area contributed by atoms with Crippen LogP contribution in [0.3, 0.4) is 0 Å². The quantitative estimate of drug-likeness (QED) is 0.257. The summed E-state index contributed by atoms with van der Waals surface area (Å²) in [4.78, 5) is 0. The molecule has 0 aliphatic rings. The second-order valence-electron chi connectivity index (χ2n) is 5.62. The highest BCUT2D eigenvalue weighted by Crippen LogP contribution is 2.39. The SMILES string of the molecule is O=[P+](OC(CCC(F)(F)F)CC(F)(F)F)OC(CCC(F)(F)F)CC(F)(F)F. The van der Waals surface area contributed by atoms with Gasteiger partial charge in [-0.2, -0.15) is 52.7 Å². The standard InChI is InChI=1S/C12H14F12O3P/c13-9(14,15)3-1-7(5-11(19,20)21)26-28(25)27-8(6-12(22,23)24)2-4-10(16,17)18/h7-8H,1-6H2/q+1. The lowest BCUT2D eigenvalue weighted by molar-refractivity contribution is -0.167. The van der Waals surface area contributed by atoms with Crippen molar-refractivity contribution in [2.45, 2.75) is 75.4 Å². The van der Waals surface area contributed by atoms with Gasteiger partial charge >= 0.3 is 33.0 Å². The van der Waals surface area contributed by atoms with E-state index in [0.717, 1.165) is 0 Å². The number of halogens is 12. The van der Waals surface area contributed by atoms with Gasteiger partial charge in [-0.25, -0.2) is 0 Å². The van der Waals surface area contributed by atoms with Crippen molar-refractivity contribution < 1.29 is 66.3 Å². The third kappa shape index (κ3) is 17.3. The van der Waals surface area contributed by atoms with Gasteiger partial charge in [0.25, 0.3) is 0 Å². The zero-order chi connectivity index (χ0) is 22.4. The Bertz CT molecular complexity index is 440. The fraction of sp³-hybridized carbons (Fsp3) is 1.00. The van der Waals surface area contributed by atoms with E-state index in [-0.39, 0.29) is 0 Å². The first-order chi connectivity index (χ1) is 12.3. The van der Waals surface area contributed by atoms with Crippen LogP contribution in [-0.2, 0) is 13.6 Å². The molecule has 0 bridgehead atoms. The molecule has 0 fully saturated rings. The Labute approximate surface area is 151 Å². The molecule has 3 nitrogen and oxygen atoms in total. The molecule has 0 aromatic rings. The van der Waals surface area contributed by atoms with Gasteiger partial charge in [0.1, 0.15) is 12.2 Å². The van der Waals surface area contributed by atoms with E-state index in [1.165, 1.54) is 0 Å². The molecule has 0 heterocycles. The van der Waals surface area contributed by atoms with Gasteiger partial charge in [0.05, 0.1) is 12.8 Å². The molecule has 0 saturated carbocycles. The van der Waals surface area contributed by atoms with Crippen molar-refractivity contribution >= 4 is 8.25 Å². The van der Waals surface area contributed by atoms with Crippen LogP contribution < -0.4 is 0 Å².